The van der Waals surface area contributed by atoms with Gasteiger partial charge in [-0.1, -0.05) is 35.6 Å². The van der Waals surface area contributed by atoms with Crippen LogP contribution in [0.2, 0.25) is 0 Å². The van der Waals surface area contributed by atoms with Gasteiger partial charge in [0.25, 0.3) is 11.8 Å². The molecule has 0 spiro atoms. The van der Waals surface area contributed by atoms with Gasteiger partial charge in [-0.25, -0.2) is 4.90 Å². The van der Waals surface area contributed by atoms with Crippen LogP contribution in [0.15, 0.2) is 64.9 Å². The summed E-state index contributed by atoms with van der Waals surface area (Å²) >= 11 is 0. The first-order valence-electron chi connectivity index (χ1n) is 8.51. The van der Waals surface area contributed by atoms with E-state index in [4.69, 9.17) is 0 Å². The number of rotatable bonds is 4. The third-order valence-corrected chi connectivity index (χ3v) is 4.48. The molecule has 1 saturated heterocycles. The van der Waals surface area contributed by atoms with Crippen LogP contribution >= 0.6 is 0 Å². The number of hydrogen-bond donors (Lipinski definition) is 1. The van der Waals surface area contributed by atoms with Gasteiger partial charge in [0.2, 0.25) is 5.91 Å². The zero-order valence-corrected chi connectivity index (χ0v) is 14.6. The molecule has 0 radical (unpaired) electrons. The summed E-state index contributed by atoms with van der Waals surface area (Å²) in [5.74, 6) is -1.19. The van der Waals surface area contributed by atoms with Crippen LogP contribution in [0, 0.1) is 6.92 Å². The smallest absolute Gasteiger partial charge is 0.263 e. The van der Waals surface area contributed by atoms with Gasteiger partial charge in [-0.15, -0.1) is 0 Å². The molecular weight excluding hydrogens is 346 g/mol. The summed E-state index contributed by atoms with van der Waals surface area (Å²) in [6, 6.07) is 14.3. The Morgan fingerprint density at radius 2 is 1.85 bits per heavy atom. The van der Waals surface area contributed by atoms with Crippen molar-refractivity contribution in [1.82, 2.24) is 5.01 Å². The van der Waals surface area contributed by atoms with Crippen molar-refractivity contribution in [2.45, 2.75) is 19.0 Å². The van der Waals surface area contributed by atoms with Crippen molar-refractivity contribution in [1.29, 1.82) is 0 Å². The van der Waals surface area contributed by atoms with Crippen molar-refractivity contribution < 1.29 is 14.4 Å². The van der Waals surface area contributed by atoms with Gasteiger partial charge in [-0.05, 0) is 36.8 Å². The third kappa shape index (κ3) is 3.05. The van der Waals surface area contributed by atoms with Gasteiger partial charge in [0.05, 0.1) is 5.69 Å². The Bertz CT molecular complexity index is 943. The Morgan fingerprint density at radius 3 is 2.59 bits per heavy atom. The number of benzene rings is 2. The lowest BCUT2D eigenvalue weighted by molar-refractivity contribution is -0.123. The lowest BCUT2D eigenvalue weighted by Gasteiger charge is -2.20. The molecule has 4 rings (SSSR count). The fraction of sp³-hybridized carbons (Fsp3) is 0.211. The number of nitrogens with one attached hydrogen (secondary N) is 1. The quantitative estimate of drug-likeness (QED) is 0.840. The molecule has 2 aliphatic rings. The van der Waals surface area contributed by atoms with Crippen molar-refractivity contribution >= 4 is 29.1 Å². The molecule has 1 N–H and O–H groups in total. The Balaban J connectivity index is 1.48. The molecular formula is C19H17N5O3. The van der Waals surface area contributed by atoms with Crippen LogP contribution in [-0.2, 0) is 14.4 Å². The second kappa shape index (κ2) is 6.64. The topological polar surface area (TPSA) is 94.4 Å². The second-order valence-corrected chi connectivity index (χ2v) is 6.46. The highest BCUT2D eigenvalue weighted by Crippen LogP contribution is 2.31. The van der Waals surface area contributed by atoms with E-state index in [9.17, 15) is 14.4 Å². The van der Waals surface area contributed by atoms with Crippen LogP contribution in [-0.4, -0.2) is 41.4 Å². The summed E-state index contributed by atoms with van der Waals surface area (Å²) < 4.78 is 0. The van der Waals surface area contributed by atoms with Crippen LogP contribution < -0.4 is 10.2 Å². The molecule has 8 heteroatoms. The van der Waals surface area contributed by atoms with Crippen molar-refractivity contribution in [2.24, 2.45) is 10.3 Å². The van der Waals surface area contributed by atoms with E-state index >= 15 is 0 Å². The average Bonchev–Trinajstić information content (AvgIpc) is 3.16. The normalized spacial score (nSPS) is 20.9. The SMILES string of the molecule is Cc1cccc(NC(=O)CN2N=N[C@@H]3C(=O)N(c4ccccc4)C(=O)[C@@H]32)c1. The third-order valence-electron chi connectivity index (χ3n) is 4.48. The predicted molar refractivity (Wildman–Crippen MR) is 97.9 cm³/mol. The number of fused-ring (bicyclic) bond motifs is 1. The first-order valence-corrected chi connectivity index (χ1v) is 8.51. The standard InChI is InChI=1S/C19H17N5O3/c1-12-6-5-7-13(10-12)20-15(25)11-23-17-16(21-22-23)18(26)24(19(17)27)14-8-3-2-4-9-14/h2-10,16-17H,11H2,1H3,(H,20,25)/t16-,17+/m0/s1. The molecule has 136 valence electrons. The van der Waals surface area contributed by atoms with Crippen LogP contribution in [0.5, 0.6) is 0 Å². The molecule has 2 atom stereocenters. The number of hydrogen-bond acceptors (Lipinski definition) is 6. The minimum Gasteiger partial charge on any atom is -0.324 e. The number of para-hydroxylation sites is 1. The maximum atomic E-state index is 12.8. The number of amides is 3. The van der Waals surface area contributed by atoms with Gasteiger partial charge in [0, 0.05) is 5.69 Å². The van der Waals surface area contributed by atoms with E-state index in [0.29, 0.717) is 11.4 Å². The average molecular weight is 363 g/mol. The van der Waals surface area contributed by atoms with E-state index < -0.39 is 23.9 Å². The molecule has 2 aliphatic heterocycles. The van der Waals surface area contributed by atoms with Crippen LogP contribution in [0.4, 0.5) is 11.4 Å². The Morgan fingerprint density at radius 1 is 1.07 bits per heavy atom. The highest BCUT2D eigenvalue weighted by Gasteiger charge is 2.55. The number of nitrogens with zero attached hydrogens (tertiary/aromatic N) is 4. The predicted octanol–water partition coefficient (Wildman–Crippen LogP) is 1.93. The number of aryl methyl sites for hydroxylation is 1. The van der Waals surface area contributed by atoms with Gasteiger partial charge in [0.15, 0.2) is 12.1 Å². The van der Waals surface area contributed by atoms with Gasteiger partial charge >= 0.3 is 0 Å². The molecule has 0 bridgehead atoms. The lowest BCUT2D eigenvalue weighted by atomic mass is 10.1. The van der Waals surface area contributed by atoms with E-state index in [-0.39, 0.29) is 12.5 Å². The minimum absolute atomic E-state index is 0.166. The molecule has 0 unspecified atom stereocenters. The lowest BCUT2D eigenvalue weighted by Crippen LogP contribution is -2.43. The van der Waals surface area contributed by atoms with Gasteiger partial charge in [0.1, 0.15) is 6.54 Å². The molecule has 2 aromatic carbocycles. The summed E-state index contributed by atoms with van der Waals surface area (Å²) in [6.45, 7) is 1.76. The maximum Gasteiger partial charge on any atom is 0.263 e. The Hall–Kier alpha value is -3.55. The first kappa shape index (κ1) is 16.9. The van der Waals surface area contributed by atoms with Crippen LogP contribution in [0.1, 0.15) is 5.56 Å². The van der Waals surface area contributed by atoms with E-state index in [1.165, 1.54) is 5.01 Å². The summed E-state index contributed by atoms with van der Waals surface area (Å²) in [4.78, 5) is 38.8. The Kier molecular flexibility index (Phi) is 4.15. The molecule has 3 amide bonds. The van der Waals surface area contributed by atoms with Crippen molar-refractivity contribution in [3.8, 4) is 0 Å². The summed E-state index contributed by atoms with van der Waals surface area (Å²) in [7, 11) is 0. The van der Waals surface area contributed by atoms with E-state index in [1.54, 1.807) is 36.4 Å². The minimum atomic E-state index is -0.913. The van der Waals surface area contributed by atoms with Crippen molar-refractivity contribution in [2.75, 3.05) is 16.8 Å². The molecule has 8 nitrogen and oxygen atoms in total. The molecule has 0 aromatic heterocycles. The van der Waals surface area contributed by atoms with Crippen molar-refractivity contribution in [3.05, 3.63) is 60.2 Å². The zero-order valence-electron chi connectivity index (χ0n) is 14.6. The fourth-order valence-electron chi connectivity index (χ4n) is 3.26. The van der Waals surface area contributed by atoms with Gasteiger partial charge in [-0.3, -0.25) is 19.4 Å². The molecule has 0 aliphatic carbocycles. The van der Waals surface area contributed by atoms with E-state index in [0.717, 1.165) is 10.5 Å². The van der Waals surface area contributed by atoms with E-state index in [2.05, 4.69) is 15.7 Å². The highest BCUT2D eigenvalue weighted by molar-refractivity contribution is 6.25. The van der Waals surface area contributed by atoms with E-state index in [1.807, 2.05) is 25.1 Å². The molecule has 2 heterocycles. The van der Waals surface area contributed by atoms with Crippen LogP contribution in [0.3, 0.4) is 0 Å². The first-order chi connectivity index (χ1) is 13.0. The summed E-state index contributed by atoms with van der Waals surface area (Å²) in [5.41, 5.74) is 2.16. The monoisotopic (exact) mass is 363 g/mol. The number of carbonyl (C=O) groups excluding carboxylic acids is 3. The fourth-order valence-corrected chi connectivity index (χ4v) is 3.26. The zero-order chi connectivity index (χ0) is 19.0. The second-order valence-electron chi connectivity index (χ2n) is 6.46. The van der Waals surface area contributed by atoms with Crippen LogP contribution in [0.25, 0.3) is 0 Å². The highest BCUT2D eigenvalue weighted by atomic mass is 16.2. The summed E-state index contributed by atoms with van der Waals surface area (Å²) in [6.07, 6.45) is 0. The molecule has 27 heavy (non-hydrogen) atoms. The molecule has 1 fully saturated rings. The molecule has 2 aromatic rings. The number of carbonyl (C=O) groups is 3. The number of imide groups is 1. The van der Waals surface area contributed by atoms with Gasteiger partial charge < -0.3 is 5.32 Å². The molecule has 0 saturated carbocycles. The van der Waals surface area contributed by atoms with Crippen molar-refractivity contribution in [3.63, 3.8) is 0 Å². The van der Waals surface area contributed by atoms with Gasteiger partial charge in [-0.2, -0.15) is 5.11 Å². The maximum absolute atomic E-state index is 12.8. The summed E-state index contributed by atoms with van der Waals surface area (Å²) in [5, 5.41) is 11.8. The Labute approximate surface area is 155 Å². The number of anilines is 2. The largest absolute Gasteiger partial charge is 0.324 e.